The van der Waals surface area contributed by atoms with Gasteiger partial charge in [0.1, 0.15) is 0 Å². The third-order valence-corrected chi connectivity index (χ3v) is 1.19. The Bertz CT molecular complexity index is 280. The first-order valence-electron chi connectivity index (χ1n) is 3.69. The second-order valence-electron chi connectivity index (χ2n) is 2.71. The molecule has 0 fully saturated rings. The summed E-state index contributed by atoms with van der Waals surface area (Å²) >= 11 is 0. The van der Waals surface area contributed by atoms with E-state index >= 15 is 0 Å². The van der Waals surface area contributed by atoms with Crippen LogP contribution in [0.15, 0.2) is 17.3 Å². The molecule has 0 unspecified atom stereocenters. The summed E-state index contributed by atoms with van der Waals surface area (Å²) in [4.78, 5) is 14.0. The minimum Gasteiger partial charge on any atom is -0.369 e. The molecule has 0 aliphatic heterocycles. The Kier molecular flexibility index (Phi) is 2.74. The highest BCUT2D eigenvalue weighted by Crippen LogP contribution is 2.01. The van der Waals surface area contributed by atoms with E-state index in [-0.39, 0.29) is 0 Å². The molecule has 0 amide bonds. The molecule has 0 saturated carbocycles. The fraction of sp³-hybridized carbons (Fsp3) is 0.375. The van der Waals surface area contributed by atoms with E-state index in [4.69, 9.17) is 0 Å². The molecular weight excluding hydrogens is 152 g/mol. The average Bonchev–Trinajstić information content (AvgIpc) is 2.01. The van der Waals surface area contributed by atoms with Gasteiger partial charge in [0, 0.05) is 26.0 Å². The monoisotopic (exact) mass is 164 g/mol. The SMILES string of the molecule is Cc1ccnc(N=CN(C)C)n1. The van der Waals surface area contributed by atoms with E-state index in [9.17, 15) is 0 Å². The van der Waals surface area contributed by atoms with Crippen molar-refractivity contribution in [1.29, 1.82) is 0 Å². The molecule has 1 heterocycles. The number of aliphatic imine (C=N–C) groups is 1. The molecule has 0 aliphatic rings. The van der Waals surface area contributed by atoms with Gasteiger partial charge in [0.05, 0.1) is 6.34 Å². The lowest BCUT2D eigenvalue weighted by Crippen LogP contribution is -2.07. The smallest absolute Gasteiger partial charge is 0.250 e. The number of nitrogens with zero attached hydrogens (tertiary/aromatic N) is 4. The highest BCUT2D eigenvalue weighted by atomic mass is 15.1. The molecule has 1 aromatic rings. The van der Waals surface area contributed by atoms with Crippen LogP contribution < -0.4 is 0 Å². The molecule has 0 N–H and O–H groups in total. The van der Waals surface area contributed by atoms with Gasteiger partial charge in [0.15, 0.2) is 0 Å². The van der Waals surface area contributed by atoms with Gasteiger partial charge in [0.2, 0.25) is 0 Å². The first kappa shape index (κ1) is 8.64. The van der Waals surface area contributed by atoms with Gasteiger partial charge in [-0.3, -0.25) is 0 Å². The minimum absolute atomic E-state index is 0.503. The number of rotatable bonds is 2. The normalized spacial score (nSPS) is 10.6. The molecule has 0 spiro atoms. The van der Waals surface area contributed by atoms with Crippen molar-refractivity contribution in [2.24, 2.45) is 4.99 Å². The van der Waals surface area contributed by atoms with Crippen LogP contribution in [0.2, 0.25) is 0 Å². The van der Waals surface area contributed by atoms with Crippen molar-refractivity contribution in [2.45, 2.75) is 6.92 Å². The predicted octanol–water partition coefficient (Wildman–Crippen LogP) is 1.01. The van der Waals surface area contributed by atoms with E-state index in [1.807, 2.05) is 32.0 Å². The lowest BCUT2D eigenvalue weighted by Gasteiger charge is -2.01. The first-order chi connectivity index (χ1) is 5.68. The predicted molar refractivity (Wildman–Crippen MR) is 48.6 cm³/mol. The zero-order chi connectivity index (χ0) is 8.97. The van der Waals surface area contributed by atoms with Gasteiger partial charge in [-0.25, -0.2) is 15.0 Å². The van der Waals surface area contributed by atoms with Crippen molar-refractivity contribution in [1.82, 2.24) is 14.9 Å². The third kappa shape index (κ3) is 2.65. The molecule has 12 heavy (non-hydrogen) atoms. The fourth-order valence-electron chi connectivity index (χ4n) is 0.665. The quantitative estimate of drug-likeness (QED) is 0.484. The summed E-state index contributed by atoms with van der Waals surface area (Å²) in [5.41, 5.74) is 0.927. The van der Waals surface area contributed by atoms with Crippen LogP contribution in [-0.4, -0.2) is 35.3 Å². The number of aryl methyl sites for hydroxylation is 1. The summed E-state index contributed by atoms with van der Waals surface area (Å²) in [5.74, 6) is 0.503. The number of aromatic nitrogens is 2. The van der Waals surface area contributed by atoms with E-state index in [1.165, 1.54) is 0 Å². The van der Waals surface area contributed by atoms with Crippen LogP contribution >= 0.6 is 0 Å². The van der Waals surface area contributed by atoms with Gasteiger partial charge in [-0.05, 0) is 13.0 Å². The summed E-state index contributed by atoms with van der Waals surface area (Å²) in [6.45, 7) is 1.91. The number of hydrogen-bond donors (Lipinski definition) is 0. The maximum absolute atomic E-state index is 4.11. The Morgan fingerprint density at radius 1 is 1.50 bits per heavy atom. The standard InChI is InChI=1S/C8H12N4/c1-7-4-5-9-8(11-7)10-6-12(2)3/h4-6H,1-3H3. The Balaban J connectivity index is 2.76. The highest BCUT2D eigenvalue weighted by Gasteiger charge is 1.90. The van der Waals surface area contributed by atoms with Crippen molar-refractivity contribution in [3.63, 3.8) is 0 Å². The van der Waals surface area contributed by atoms with E-state index in [2.05, 4.69) is 15.0 Å². The van der Waals surface area contributed by atoms with Crippen molar-refractivity contribution < 1.29 is 0 Å². The molecule has 0 aliphatic carbocycles. The molecule has 0 radical (unpaired) electrons. The Morgan fingerprint density at radius 3 is 2.83 bits per heavy atom. The maximum Gasteiger partial charge on any atom is 0.250 e. The van der Waals surface area contributed by atoms with Gasteiger partial charge in [0.25, 0.3) is 5.95 Å². The van der Waals surface area contributed by atoms with Gasteiger partial charge in [-0.1, -0.05) is 0 Å². The molecule has 0 aromatic carbocycles. The fourth-order valence-corrected chi connectivity index (χ4v) is 0.665. The second-order valence-corrected chi connectivity index (χ2v) is 2.71. The Labute approximate surface area is 72.0 Å². The maximum atomic E-state index is 4.11. The van der Waals surface area contributed by atoms with Gasteiger partial charge in [-0.2, -0.15) is 0 Å². The summed E-state index contributed by atoms with van der Waals surface area (Å²) < 4.78 is 0. The van der Waals surface area contributed by atoms with Gasteiger partial charge in [-0.15, -0.1) is 0 Å². The summed E-state index contributed by atoms with van der Waals surface area (Å²) in [6.07, 6.45) is 3.37. The van der Waals surface area contributed by atoms with Crippen LogP contribution in [-0.2, 0) is 0 Å². The topological polar surface area (TPSA) is 41.4 Å². The zero-order valence-corrected chi connectivity index (χ0v) is 7.52. The largest absolute Gasteiger partial charge is 0.369 e. The van der Waals surface area contributed by atoms with Crippen LogP contribution in [0.5, 0.6) is 0 Å². The van der Waals surface area contributed by atoms with E-state index in [0.29, 0.717) is 5.95 Å². The molecule has 4 nitrogen and oxygen atoms in total. The molecule has 0 bridgehead atoms. The van der Waals surface area contributed by atoms with E-state index in [1.54, 1.807) is 12.5 Å². The summed E-state index contributed by atoms with van der Waals surface area (Å²) in [7, 11) is 3.80. The number of hydrogen-bond acceptors (Lipinski definition) is 3. The average molecular weight is 164 g/mol. The molecular formula is C8H12N4. The molecule has 1 aromatic heterocycles. The summed E-state index contributed by atoms with van der Waals surface area (Å²) in [5, 5.41) is 0. The van der Waals surface area contributed by atoms with Crippen molar-refractivity contribution in [2.75, 3.05) is 14.1 Å². The van der Waals surface area contributed by atoms with Crippen LogP contribution in [0.25, 0.3) is 0 Å². The van der Waals surface area contributed by atoms with Crippen molar-refractivity contribution in [3.8, 4) is 0 Å². The molecule has 0 saturated heterocycles. The molecule has 64 valence electrons. The third-order valence-electron chi connectivity index (χ3n) is 1.19. The van der Waals surface area contributed by atoms with Crippen molar-refractivity contribution in [3.05, 3.63) is 18.0 Å². The van der Waals surface area contributed by atoms with E-state index < -0.39 is 0 Å². The molecule has 0 atom stereocenters. The summed E-state index contributed by atoms with van der Waals surface area (Å²) in [6, 6.07) is 1.84. The van der Waals surface area contributed by atoms with E-state index in [0.717, 1.165) is 5.69 Å². The van der Waals surface area contributed by atoms with Crippen LogP contribution in [0, 0.1) is 6.92 Å². The Morgan fingerprint density at radius 2 is 2.25 bits per heavy atom. The lowest BCUT2D eigenvalue weighted by atomic mass is 10.5. The van der Waals surface area contributed by atoms with Crippen LogP contribution in [0.3, 0.4) is 0 Å². The second kappa shape index (κ2) is 3.80. The highest BCUT2D eigenvalue weighted by molar-refractivity contribution is 5.57. The molecule has 1 rings (SSSR count). The zero-order valence-electron chi connectivity index (χ0n) is 7.52. The van der Waals surface area contributed by atoms with Crippen LogP contribution in [0.4, 0.5) is 5.95 Å². The Hall–Kier alpha value is -1.45. The van der Waals surface area contributed by atoms with Crippen LogP contribution in [0.1, 0.15) is 5.69 Å². The first-order valence-corrected chi connectivity index (χ1v) is 3.69. The lowest BCUT2D eigenvalue weighted by molar-refractivity contribution is 0.642. The van der Waals surface area contributed by atoms with Crippen molar-refractivity contribution >= 4 is 12.3 Å². The minimum atomic E-state index is 0.503. The van der Waals surface area contributed by atoms with Gasteiger partial charge < -0.3 is 4.90 Å². The van der Waals surface area contributed by atoms with Gasteiger partial charge >= 0.3 is 0 Å². The molecule has 4 heteroatoms.